The minimum atomic E-state index is -5.43. The van der Waals surface area contributed by atoms with Gasteiger partial charge in [-0.3, -0.25) is 4.79 Å². The Morgan fingerprint density at radius 2 is 1.80 bits per heavy atom. The van der Waals surface area contributed by atoms with Gasteiger partial charge in [-0.1, -0.05) is 12.1 Å². The molecule has 0 aromatic heterocycles. The van der Waals surface area contributed by atoms with E-state index in [4.69, 9.17) is 0 Å². The van der Waals surface area contributed by atoms with Crippen molar-refractivity contribution < 1.29 is 37.0 Å². The number of esters is 1. The quantitative estimate of drug-likeness (QED) is 0.523. The number of ketones is 1. The first-order valence-electron chi connectivity index (χ1n) is 5.28. The molecule has 8 heteroatoms. The number of hydrogen-bond donors (Lipinski definition) is 1. The van der Waals surface area contributed by atoms with Crippen LogP contribution in [0.1, 0.15) is 16.8 Å². The number of methoxy groups -OCH3 is 1. The van der Waals surface area contributed by atoms with Crippen LogP contribution >= 0.6 is 0 Å². The van der Waals surface area contributed by atoms with Gasteiger partial charge in [-0.25, -0.2) is 9.18 Å². The van der Waals surface area contributed by atoms with E-state index in [1.807, 2.05) is 0 Å². The molecule has 4 nitrogen and oxygen atoms in total. The first kappa shape index (κ1) is 16.1. The predicted molar refractivity (Wildman–Crippen MR) is 58.4 cm³/mol. The maximum absolute atomic E-state index is 13.3. The smallest absolute Gasteiger partial charge is 0.428 e. The van der Waals surface area contributed by atoms with E-state index in [2.05, 4.69) is 4.74 Å². The Hall–Kier alpha value is -1.96. The fraction of sp³-hybridized carbons (Fsp3) is 0.333. The van der Waals surface area contributed by atoms with Crippen molar-refractivity contribution in [2.24, 2.45) is 0 Å². The van der Waals surface area contributed by atoms with Crippen LogP contribution in [-0.4, -0.2) is 35.7 Å². The molecule has 0 fully saturated rings. The molecule has 1 N–H and O–H groups in total. The number of ether oxygens (including phenoxy) is 1. The van der Waals surface area contributed by atoms with Crippen LogP contribution in [0, 0.1) is 5.82 Å². The van der Waals surface area contributed by atoms with Crippen LogP contribution in [0.4, 0.5) is 17.6 Å². The van der Waals surface area contributed by atoms with Gasteiger partial charge in [-0.2, -0.15) is 13.2 Å². The Balaban J connectivity index is 3.13. The Morgan fingerprint density at radius 1 is 1.25 bits per heavy atom. The van der Waals surface area contributed by atoms with Crippen molar-refractivity contribution in [3.05, 3.63) is 35.6 Å². The molecule has 0 bridgehead atoms. The van der Waals surface area contributed by atoms with Crippen LogP contribution in [-0.2, 0) is 9.53 Å². The lowest BCUT2D eigenvalue weighted by atomic mass is 9.93. The average Bonchev–Trinajstić information content (AvgIpc) is 2.36. The summed E-state index contributed by atoms with van der Waals surface area (Å²) in [4.78, 5) is 22.7. The van der Waals surface area contributed by atoms with Crippen LogP contribution in [0.3, 0.4) is 0 Å². The molecule has 1 rings (SSSR count). The van der Waals surface area contributed by atoms with E-state index in [1.54, 1.807) is 0 Å². The van der Waals surface area contributed by atoms with Crippen LogP contribution < -0.4 is 0 Å². The van der Waals surface area contributed by atoms with Crippen molar-refractivity contribution in [1.29, 1.82) is 0 Å². The third kappa shape index (κ3) is 2.96. The summed E-state index contributed by atoms with van der Waals surface area (Å²) in [5, 5.41) is 9.40. The zero-order valence-electron chi connectivity index (χ0n) is 10.2. The average molecular weight is 294 g/mol. The Kier molecular flexibility index (Phi) is 4.49. The molecule has 0 saturated heterocycles. The highest BCUT2D eigenvalue weighted by atomic mass is 19.4. The third-order valence-corrected chi connectivity index (χ3v) is 2.58. The number of carbonyl (C=O) groups excluding carboxylic acids is 2. The van der Waals surface area contributed by atoms with Crippen molar-refractivity contribution in [2.75, 3.05) is 7.11 Å². The van der Waals surface area contributed by atoms with Crippen molar-refractivity contribution in [3.8, 4) is 0 Å². The molecule has 0 aliphatic carbocycles. The van der Waals surface area contributed by atoms with Crippen molar-refractivity contribution >= 4 is 11.8 Å². The largest absolute Gasteiger partial charge is 0.467 e. The number of halogens is 4. The van der Waals surface area contributed by atoms with E-state index in [1.165, 1.54) is 12.1 Å². The Morgan fingerprint density at radius 3 is 2.25 bits per heavy atom. The van der Waals surface area contributed by atoms with Gasteiger partial charge in [0.15, 0.2) is 5.78 Å². The fourth-order valence-electron chi connectivity index (χ4n) is 1.47. The number of aliphatic hydroxyl groups is 1. The van der Waals surface area contributed by atoms with Gasteiger partial charge in [0.25, 0.3) is 5.60 Å². The molecule has 1 atom stereocenters. The van der Waals surface area contributed by atoms with Crippen LogP contribution in [0.2, 0.25) is 0 Å². The summed E-state index contributed by atoms with van der Waals surface area (Å²) < 4.78 is 55.3. The summed E-state index contributed by atoms with van der Waals surface area (Å²) in [6.07, 6.45) is -7.09. The normalized spacial score (nSPS) is 14.5. The molecule has 0 spiro atoms. The number of carbonyl (C=O) groups is 2. The second-order valence-electron chi connectivity index (χ2n) is 3.93. The molecule has 0 heterocycles. The van der Waals surface area contributed by atoms with Gasteiger partial charge in [0.1, 0.15) is 5.82 Å². The lowest BCUT2D eigenvalue weighted by molar-refractivity contribution is -0.260. The number of rotatable bonds is 4. The molecule has 110 valence electrons. The monoisotopic (exact) mass is 294 g/mol. The van der Waals surface area contributed by atoms with Crippen molar-refractivity contribution in [1.82, 2.24) is 0 Å². The second kappa shape index (κ2) is 5.58. The number of alkyl halides is 3. The molecular weight excluding hydrogens is 284 g/mol. The molecule has 1 aromatic carbocycles. The summed E-state index contributed by atoms with van der Waals surface area (Å²) >= 11 is 0. The lowest BCUT2D eigenvalue weighted by Gasteiger charge is -2.26. The Labute approximate surface area is 111 Å². The highest BCUT2D eigenvalue weighted by Gasteiger charge is 2.61. The summed E-state index contributed by atoms with van der Waals surface area (Å²) in [5.74, 6) is -4.45. The van der Waals surface area contributed by atoms with Crippen molar-refractivity contribution in [3.63, 3.8) is 0 Å². The lowest BCUT2D eigenvalue weighted by Crippen LogP contribution is -2.54. The number of Topliss-reactive ketones (excluding diaryl/α,β-unsaturated/α-hetero) is 1. The van der Waals surface area contributed by atoms with E-state index in [0.29, 0.717) is 7.11 Å². The van der Waals surface area contributed by atoms with Crippen molar-refractivity contribution in [2.45, 2.75) is 18.2 Å². The molecule has 0 aliphatic rings. The van der Waals surface area contributed by atoms with Crippen LogP contribution in [0.25, 0.3) is 0 Å². The second-order valence-corrected chi connectivity index (χ2v) is 3.93. The molecular formula is C12H10F4O4. The number of benzene rings is 1. The topological polar surface area (TPSA) is 63.6 Å². The highest BCUT2D eigenvalue weighted by molar-refractivity contribution is 6.00. The standard InChI is InChI=1S/C12H10F4O4/c1-20-10(18)11(19,12(14,15)16)6-9(17)7-4-2-3-5-8(7)13/h2-5,19H,6H2,1H3/t11-/m1/s1. The van der Waals surface area contributed by atoms with Gasteiger partial charge in [0.2, 0.25) is 0 Å². The zero-order valence-corrected chi connectivity index (χ0v) is 10.2. The van der Waals surface area contributed by atoms with E-state index in [9.17, 15) is 32.3 Å². The maximum atomic E-state index is 13.3. The van der Waals surface area contributed by atoms with Crippen LogP contribution in [0.5, 0.6) is 0 Å². The van der Waals surface area contributed by atoms with Gasteiger partial charge >= 0.3 is 12.1 Å². The maximum Gasteiger partial charge on any atom is 0.428 e. The third-order valence-electron chi connectivity index (χ3n) is 2.58. The van der Waals surface area contributed by atoms with Gasteiger partial charge in [0, 0.05) is 0 Å². The minimum Gasteiger partial charge on any atom is -0.467 e. The molecule has 20 heavy (non-hydrogen) atoms. The first-order chi connectivity index (χ1) is 9.13. The molecule has 0 unspecified atom stereocenters. The highest BCUT2D eigenvalue weighted by Crippen LogP contribution is 2.35. The molecule has 0 radical (unpaired) electrons. The summed E-state index contributed by atoms with van der Waals surface area (Å²) in [6.45, 7) is 0. The molecule has 0 aliphatic heterocycles. The molecule has 0 amide bonds. The number of hydrogen-bond acceptors (Lipinski definition) is 4. The Bertz CT molecular complexity index is 526. The molecule has 0 saturated carbocycles. The van der Waals surface area contributed by atoms with Crippen LogP contribution in [0.15, 0.2) is 24.3 Å². The van der Waals surface area contributed by atoms with Gasteiger partial charge in [-0.05, 0) is 12.1 Å². The predicted octanol–water partition coefficient (Wildman–Crippen LogP) is 1.86. The van der Waals surface area contributed by atoms with E-state index in [0.717, 1.165) is 12.1 Å². The van der Waals surface area contributed by atoms with E-state index in [-0.39, 0.29) is 0 Å². The van der Waals surface area contributed by atoms with Gasteiger partial charge in [-0.15, -0.1) is 0 Å². The fourth-order valence-corrected chi connectivity index (χ4v) is 1.47. The van der Waals surface area contributed by atoms with E-state index >= 15 is 0 Å². The van der Waals surface area contributed by atoms with Gasteiger partial charge in [0.05, 0.1) is 19.1 Å². The summed E-state index contributed by atoms with van der Waals surface area (Å²) in [6, 6.07) is 4.30. The summed E-state index contributed by atoms with van der Waals surface area (Å²) in [5.41, 5.74) is -4.67. The molecule has 1 aromatic rings. The van der Waals surface area contributed by atoms with E-state index < -0.39 is 41.3 Å². The summed E-state index contributed by atoms with van der Waals surface area (Å²) in [7, 11) is 0.632. The SMILES string of the molecule is COC(=O)[C@](O)(CC(=O)c1ccccc1F)C(F)(F)F. The first-order valence-corrected chi connectivity index (χ1v) is 5.28. The van der Waals surface area contributed by atoms with Gasteiger partial charge < -0.3 is 9.84 Å². The minimum absolute atomic E-state index is 0.632. The zero-order chi connectivity index (χ0) is 15.6.